The molecule has 0 atom stereocenters. The molecular formula is C15H21Br2ClO. The maximum Gasteiger partial charge on any atom is 0.139 e. The van der Waals surface area contributed by atoms with Crippen LogP contribution in [0.4, 0.5) is 0 Å². The number of hydrogen-bond donors (Lipinski definition) is 0. The van der Waals surface area contributed by atoms with E-state index in [0.29, 0.717) is 5.02 Å². The summed E-state index contributed by atoms with van der Waals surface area (Å²) in [4.78, 5) is 0. The van der Waals surface area contributed by atoms with Gasteiger partial charge in [-0.15, -0.1) is 0 Å². The number of halogens is 3. The third-order valence-electron chi connectivity index (χ3n) is 2.93. The quantitative estimate of drug-likeness (QED) is 0.310. The summed E-state index contributed by atoms with van der Waals surface area (Å²) in [7, 11) is 0. The van der Waals surface area contributed by atoms with Crippen molar-refractivity contribution < 1.29 is 4.74 Å². The largest absolute Gasteiger partial charge is 0.492 e. The highest BCUT2D eigenvalue weighted by atomic mass is 79.9. The van der Waals surface area contributed by atoms with Gasteiger partial charge in [0.2, 0.25) is 0 Å². The summed E-state index contributed by atoms with van der Waals surface area (Å²) in [5, 5.41) is 1.81. The molecule has 19 heavy (non-hydrogen) atoms. The minimum atomic E-state index is 0.679. The van der Waals surface area contributed by atoms with E-state index in [4.69, 9.17) is 16.3 Å². The lowest BCUT2D eigenvalue weighted by Gasteiger charge is -2.08. The summed E-state index contributed by atoms with van der Waals surface area (Å²) < 4.78 is 6.69. The fraction of sp³-hybridized carbons (Fsp3) is 0.600. The summed E-state index contributed by atoms with van der Waals surface area (Å²) in [6.07, 6.45) is 8.97. The summed E-state index contributed by atoms with van der Waals surface area (Å²) in [5.74, 6) is 0.772. The van der Waals surface area contributed by atoms with Gasteiger partial charge in [-0.3, -0.25) is 0 Å². The third kappa shape index (κ3) is 8.21. The van der Waals surface area contributed by atoms with Crippen molar-refractivity contribution in [2.45, 2.75) is 44.9 Å². The van der Waals surface area contributed by atoms with Crippen LogP contribution in [-0.4, -0.2) is 11.9 Å². The zero-order chi connectivity index (χ0) is 13.9. The van der Waals surface area contributed by atoms with E-state index >= 15 is 0 Å². The zero-order valence-corrected chi connectivity index (χ0v) is 15.1. The van der Waals surface area contributed by atoms with Gasteiger partial charge < -0.3 is 4.74 Å². The Morgan fingerprint density at radius 1 is 0.947 bits per heavy atom. The number of ether oxygens (including phenoxy) is 1. The van der Waals surface area contributed by atoms with Crippen molar-refractivity contribution in [1.82, 2.24) is 0 Å². The van der Waals surface area contributed by atoms with Gasteiger partial charge in [-0.05, 0) is 31.0 Å². The standard InChI is InChI=1S/C15H21Br2ClO/c16-10-6-4-2-1-3-5-7-11-19-15-12-13(17)8-9-14(15)18/h8-9,12H,1-7,10-11H2. The van der Waals surface area contributed by atoms with Crippen molar-refractivity contribution in [1.29, 1.82) is 0 Å². The van der Waals surface area contributed by atoms with Crippen LogP contribution in [0.5, 0.6) is 5.75 Å². The lowest BCUT2D eigenvalue weighted by Crippen LogP contribution is -1.97. The Kier molecular flexibility index (Phi) is 10.0. The highest BCUT2D eigenvalue weighted by Gasteiger charge is 2.01. The molecule has 0 aliphatic heterocycles. The first kappa shape index (κ1) is 17.3. The number of unbranched alkanes of at least 4 members (excludes halogenated alkanes) is 6. The molecule has 0 amide bonds. The van der Waals surface area contributed by atoms with E-state index in [2.05, 4.69) is 31.9 Å². The second-order valence-electron chi connectivity index (χ2n) is 4.59. The third-order valence-corrected chi connectivity index (χ3v) is 4.30. The van der Waals surface area contributed by atoms with Crippen molar-refractivity contribution in [3.05, 3.63) is 27.7 Å². The van der Waals surface area contributed by atoms with Crippen LogP contribution >= 0.6 is 43.5 Å². The van der Waals surface area contributed by atoms with E-state index in [9.17, 15) is 0 Å². The van der Waals surface area contributed by atoms with Gasteiger partial charge in [-0.1, -0.05) is 75.6 Å². The van der Waals surface area contributed by atoms with Gasteiger partial charge in [-0.2, -0.15) is 0 Å². The first-order valence-corrected chi connectivity index (χ1v) is 9.17. The van der Waals surface area contributed by atoms with Gasteiger partial charge in [-0.25, -0.2) is 0 Å². The van der Waals surface area contributed by atoms with E-state index in [0.717, 1.165) is 28.6 Å². The van der Waals surface area contributed by atoms with Gasteiger partial charge in [0.05, 0.1) is 11.6 Å². The molecule has 0 aliphatic carbocycles. The molecule has 1 nitrogen and oxygen atoms in total. The first-order valence-electron chi connectivity index (χ1n) is 6.88. The van der Waals surface area contributed by atoms with Crippen molar-refractivity contribution in [3.8, 4) is 5.75 Å². The van der Waals surface area contributed by atoms with E-state index in [1.54, 1.807) is 0 Å². The molecule has 0 unspecified atom stereocenters. The second-order valence-corrected chi connectivity index (χ2v) is 6.70. The summed E-state index contributed by atoms with van der Waals surface area (Å²) >= 11 is 12.9. The topological polar surface area (TPSA) is 9.23 Å². The molecule has 1 aromatic carbocycles. The molecule has 0 aliphatic rings. The maximum absolute atomic E-state index is 6.06. The van der Waals surface area contributed by atoms with Crippen LogP contribution in [0.1, 0.15) is 44.9 Å². The predicted molar refractivity (Wildman–Crippen MR) is 90.8 cm³/mol. The second kappa shape index (κ2) is 11.0. The minimum Gasteiger partial charge on any atom is -0.492 e. The fourth-order valence-electron chi connectivity index (χ4n) is 1.85. The normalized spacial score (nSPS) is 10.7. The van der Waals surface area contributed by atoms with Crippen LogP contribution in [0.25, 0.3) is 0 Å². The SMILES string of the molecule is Clc1ccc(Br)cc1OCCCCCCCCCBr. The Hall–Kier alpha value is 0.270. The molecule has 0 spiro atoms. The van der Waals surface area contributed by atoms with E-state index in [1.165, 1.54) is 38.5 Å². The Bertz CT molecular complexity index is 358. The highest BCUT2D eigenvalue weighted by molar-refractivity contribution is 9.10. The van der Waals surface area contributed by atoms with Gasteiger partial charge in [0.25, 0.3) is 0 Å². The van der Waals surface area contributed by atoms with E-state index < -0.39 is 0 Å². The number of alkyl halides is 1. The summed E-state index contributed by atoms with van der Waals surface area (Å²) in [5.41, 5.74) is 0. The minimum absolute atomic E-state index is 0.679. The Morgan fingerprint density at radius 3 is 2.26 bits per heavy atom. The molecule has 4 heteroatoms. The molecule has 0 saturated heterocycles. The highest BCUT2D eigenvalue weighted by Crippen LogP contribution is 2.28. The summed E-state index contributed by atoms with van der Waals surface area (Å²) in [6, 6.07) is 5.69. The van der Waals surface area contributed by atoms with Crippen LogP contribution in [-0.2, 0) is 0 Å². The van der Waals surface area contributed by atoms with Crippen molar-refractivity contribution in [3.63, 3.8) is 0 Å². The molecule has 0 N–H and O–H groups in total. The Morgan fingerprint density at radius 2 is 1.58 bits per heavy atom. The molecular weight excluding hydrogens is 391 g/mol. The number of rotatable bonds is 10. The van der Waals surface area contributed by atoms with Crippen LogP contribution in [0, 0.1) is 0 Å². The molecule has 0 bridgehead atoms. The molecule has 0 fully saturated rings. The average molecular weight is 413 g/mol. The van der Waals surface area contributed by atoms with Gasteiger partial charge >= 0.3 is 0 Å². The fourth-order valence-corrected chi connectivity index (χ4v) is 2.76. The molecule has 1 rings (SSSR count). The van der Waals surface area contributed by atoms with Crippen molar-refractivity contribution in [2.24, 2.45) is 0 Å². The molecule has 108 valence electrons. The molecule has 0 heterocycles. The van der Waals surface area contributed by atoms with Crippen molar-refractivity contribution in [2.75, 3.05) is 11.9 Å². The average Bonchev–Trinajstić information content (AvgIpc) is 2.40. The van der Waals surface area contributed by atoms with E-state index in [-0.39, 0.29) is 0 Å². The number of hydrogen-bond acceptors (Lipinski definition) is 1. The maximum atomic E-state index is 6.06. The lowest BCUT2D eigenvalue weighted by molar-refractivity contribution is 0.304. The smallest absolute Gasteiger partial charge is 0.139 e. The van der Waals surface area contributed by atoms with Crippen LogP contribution in [0.15, 0.2) is 22.7 Å². The van der Waals surface area contributed by atoms with Crippen LogP contribution < -0.4 is 4.74 Å². The Balaban J connectivity index is 2.03. The van der Waals surface area contributed by atoms with Crippen molar-refractivity contribution >= 4 is 43.5 Å². The predicted octanol–water partition coefficient (Wildman–Crippen LogP) is 6.61. The first-order chi connectivity index (χ1) is 9.24. The van der Waals surface area contributed by atoms with E-state index in [1.807, 2.05) is 18.2 Å². The van der Waals surface area contributed by atoms with Crippen LogP contribution in [0.2, 0.25) is 5.02 Å². The Labute approximate surface area is 138 Å². The number of benzene rings is 1. The van der Waals surface area contributed by atoms with Gasteiger partial charge in [0, 0.05) is 9.80 Å². The molecule has 0 radical (unpaired) electrons. The van der Waals surface area contributed by atoms with Crippen LogP contribution in [0.3, 0.4) is 0 Å². The van der Waals surface area contributed by atoms with Gasteiger partial charge in [0.15, 0.2) is 0 Å². The molecule has 1 aromatic rings. The monoisotopic (exact) mass is 410 g/mol. The summed E-state index contributed by atoms with van der Waals surface area (Å²) in [6.45, 7) is 0.748. The molecule has 0 saturated carbocycles. The lowest BCUT2D eigenvalue weighted by atomic mass is 10.1. The van der Waals surface area contributed by atoms with Gasteiger partial charge in [0.1, 0.15) is 5.75 Å². The molecule has 0 aromatic heterocycles. The zero-order valence-electron chi connectivity index (χ0n) is 11.1.